The van der Waals surface area contributed by atoms with E-state index in [9.17, 15) is 0 Å². The van der Waals surface area contributed by atoms with Gasteiger partial charge in [0.15, 0.2) is 0 Å². The Hall–Kier alpha value is 2.16. The van der Waals surface area contributed by atoms with Crippen LogP contribution in [0.5, 0.6) is 0 Å². The Morgan fingerprint density at radius 2 is 1.20 bits per heavy atom. The van der Waals surface area contributed by atoms with E-state index in [1.807, 2.05) is 0 Å². The maximum Gasteiger partial charge on any atom is 0 e. The van der Waals surface area contributed by atoms with E-state index < -0.39 is 0 Å². The van der Waals surface area contributed by atoms with Gasteiger partial charge in [-0.05, 0) is 0 Å². The molecule has 0 spiro atoms. The second-order valence-corrected chi connectivity index (χ2v) is 1.60. The van der Waals surface area contributed by atoms with Crippen LogP contribution in [-0.4, -0.2) is 38.0 Å². The van der Waals surface area contributed by atoms with E-state index in [0.29, 0.717) is 0 Å². The molecule has 0 nitrogen and oxygen atoms in total. The Morgan fingerprint density at radius 1 is 1.20 bits per heavy atom. The summed E-state index contributed by atoms with van der Waals surface area (Å²) in [7, 11) is 9.34. The molecule has 0 aromatic heterocycles. The number of halogens is 2. The molecule has 0 rings (SSSR count). The summed E-state index contributed by atoms with van der Waals surface area (Å²) in [6, 6.07) is 0. The van der Waals surface area contributed by atoms with Crippen LogP contribution in [0.3, 0.4) is 0 Å². The molecule has 0 heterocycles. The molecule has 0 bridgehead atoms. The van der Waals surface area contributed by atoms with Gasteiger partial charge in [0.25, 0.3) is 0 Å². The summed E-state index contributed by atoms with van der Waals surface area (Å²) in [5, 5.41) is 0. The molecule has 0 aliphatic heterocycles. The van der Waals surface area contributed by atoms with Gasteiger partial charge in [-0.15, -0.1) is 0 Å². The van der Waals surface area contributed by atoms with E-state index in [-0.39, 0.29) is 38.0 Å². The minimum absolute atomic E-state index is 0. The Morgan fingerprint density at radius 3 is 1.20 bits per heavy atom. The van der Waals surface area contributed by atoms with Crippen molar-refractivity contribution >= 4 is 58.2 Å². The van der Waals surface area contributed by atoms with E-state index in [4.69, 9.17) is 0 Å². The van der Waals surface area contributed by atoms with E-state index in [1.54, 1.807) is 0 Å². The first-order chi connectivity index (χ1) is 1.41. The van der Waals surface area contributed by atoms with Crippen molar-refractivity contribution in [2.45, 2.75) is 0 Å². The van der Waals surface area contributed by atoms with Crippen LogP contribution in [0.15, 0.2) is 0 Å². The normalized spacial score (nSPS) is 4.40. The number of hydrogen-bond acceptors (Lipinski definition) is 0. The molecule has 0 unspecified atom stereocenters. The van der Waals surface area contributed by atoms with Crippen molar-refractivity contribution in [2.24, 2.45) is 0 Å². The van der Waals surface area contributed by atoms with Crippen molar-refractivity contribution in [3.63, 3.8) is 0 Å². The Balaban J connectivity index is -0.0000000200. The van der Waals surface area contributed by atoms with Gasteiger partial charge in [0.2, 0.25) is 0 Å². The second-order valence-electron chi connectivity index (χ2n) is 0.0431. The average Bonchev–Trinajstić information content (AvgIpc) is 0.918. The van der Waals surface area contributed by atoms with Crippen molar-refractivity contribution < 1.29 is 13.1 Å². The molecule has 0 saturated heterocycles. The quantitative estimate of drug-likeness (QED) is 0.465. The van der Waals surface area contributed by atoms with Crippen LogP contribution >= 0.6 is 20.2 Å². The van der Waals surface area contributed by atoms with Gasteiger partial charge >= 0.3 is 33.3 Å². The van der Waals surface area contributed by atoms with Crippen molar-refractivity contribution in [1.82, 2.24) is 0 Å². The van der Waals surface area contributed by atoms with Crippen molar-refractivity contribution in [2.75, 3.05) is 0 Å². The van der Waals surface area contributed by atoms with Gasteiger partial charge < -0.3 is 0 Å². The maximum absolute atomic E-state index is 4.67. The number of hydrogen-bond donors (Lipinski definition) is 0. The van der Waals surface area contributed by atoms with Crippen LogP contribution in [0, 0.1) is 0 Å². The minimum Gasteiger partial charge on any atom is 0 e. The molecular formula is BCl2CuNa. The van der Waals surface area contributed by atoms with Gasteiger partial charge in [0, 0.05) is 38.0 Å². The van der Waals surface area contributed by atoms with Crippen LogP contribution in [0.2, 0.25) is 0 Å². The third-order valence-corrected chi connectivity index (χ3v) is 0. The molecular weight excluding hydrogens is 168 g/mol. The Kier molecular flexibility index (Phi) is 51.6. The SMILES string of the molecule is [B].[Cl][Cu][Cl].[Na]. The molecule has 5 heteroatoms. The molecule has 0 N–H and O–H groups in total. The minimum atomic E-state index is 0. The van der Waals surface area contributed by atoms with Crippen molar-refractivity contribution in [3.05, 3.63) is 0 Å². The molecule has 0 atom stereocenters. The average molecular weight is 168 g/mol. The van der Waals surface area contributed by atoms with Gasteiger partial charge in [-0.1, -0.05) is 0 Å². The predicted octanol–water partition coefficient (Wildman–Crippen LogP) is 0.615. The first-order valence-corrected chi connectivity index (χ1v) is 2.82. The van der Waals surface area contributed by atoms with E-state index in [1.165, 1.54) is 0 Å². The third-order valence-electron chi connectivity index (χ3n) is 0. The fourth-order valence-electron chi connectivity index (χ4n) is 0. The molecule has 0 saturated carbocycles. The summed E-state index contributed by atoms with van der Waals surface area (Å²) in [4.78, 5) is 0. The van der Waals surface area contributed by atoms with E-state index in [2.05, 4.69) is 20.2 Å². The predicted molar refractivity (Wildman–Crippen MR) is 23.2 cm³/mol. The molecule has 5 heavy (non-hydrogen) atoms. The molecule has 4 radical (unpaired) electrons. The topological polar surface area (TPSA) is 0 Å². The van der Waals surface area contributed by atoms with Gasteiger partial charge in [-0.3, -0.25) is 0 Å². The van der Waals surface area contributed by atoms with Gasteiger partial charge in [-0.25, -0.2) is 0 Å². The molecule has 0 fully saturated rings. The van der Waals surface area contributed by atoms with Crippen molar-refractivity contribution in [1.29, 1.82) is 0 Å². The number of rotatable bonds is 0. The summed E-state index contributed by atoms with van der Waals surface area (Å²) in [5.41, 5.74) is 0. The molecule has 0 aromatic carbocycles. The first kappa shape index (κ1) is 15.7. The molecule has 29 valence electrons. The van der Waals surface area contributed by atoms with Crippen LogP contribution in [0.4, 0.5) is 0 Å². The maximum atomic E-state index is 4.67. The summed E-state index contributed by atoms with van der Waals surface area (Å²) in [6.45, 7) is 0. The first-order valence-electron chi connectivity index (χ1n) is 0.228. The molecule has 0 aromatic rings. The fourth-order valence-corrected chi connectivity index (χ4v) is 0. The van der Waals surface area contributed by atoms with Gasteiger partial charge in [0.05, 0.1) is 0 Å². The summed E-state index contributed by atoms with van der Waals surface area (Å²) in [5.74, 6) is 0. The standard InChI is InChI=1S/B.2ClH.Cu.Na/h;2*1H;;/q;;;+2;/p-2. The van der Waals surface area contributed by atoms with Crippen LogP contribution in [-0.2, 0) is 13.1 Å². The van der Waals surface area contributed by atoms with Crippen LogP contribution in [0.1, 0.15) is 0 Å². The Bertz CT molecular complexity index is 9.61. The monoisotopic (exact) mass is 167 g/mol. The van der Waals surface area contributed by atoms with Gasteiger partial charge in [0.1, 0.15) is 0 Å². The fraction of sp³-hybridized carbons (Fsp3) is 0. The zero-order chi connectivity index (χ0) is 2.71. The largest absolute Gasteiger partial charge is 0 e. The molecule has 0 amide bonds. The zero-order valence-corrected chi connectivity index (χ0v) is 7.09. The van der Waals surface area contributed by atoms with Crippen LogP contribution in [0.25, 0.3) is 0 Å². The van der Waals surface area contributed by atoms with Crippen molar-refractivity contribution in [3.8, 4) is 0 Å². The molecule has 0 aliphatic carbocycles. The van der Waals surface area contributed by atoms with E-state index >= 15 is 0 Å². The summed E-state index contributed by atoms with van der Waals surface area (Å²) >= 11 is 0.757. The third kappa shape index (κ3) is 22.8. The summed E-state index contributed by atoms with van der Waals surface area (Å²) in [6.07, 6.45) is 0. The van der Waals surface area contributed by atoms with Crippen LogP contribution < -0.4 is 0 Å². The van der Waals surface area contributed by atoms with E-state index in [0.717, 1.165) is 13.1 Å². The summed E-state index contributed by atoms with van der Waals surface area (Å²) < 4.78 is 0. The smallest absolute Gasteiger partial charge is 0 e. The molecule has 0 aliphatic rings. The van der Waals surface area contributed by atoms with Gasteiger partial charge in [-0.2, -0.15) is 0 Å². The second kappa shape index (κ2) is 16.4. The Labute approximate surface area is 70.5 Å². The zero-order valence-electron chi connectivity index (χ0n) is 2.63.